The number of anilines is 3. The Kier molecular flexibility index (Phi) is 5.33. The molecule has 0 amide bonds. The number of nitrogens with zero attached hydrogens (tertiary/aromatic N) is 4. The fourth-order valence-corrected chi connectivity index (χ4v) is 4.20. The molecule has 1 saturated heterocycles. The summed E-state index contributed by atoms with van der Waals surface area (Å²) >= 11 is 0. The van der Waals surface area contributed by atoms with E-state index < -0.39 is 11.8 Å². The summed E-state index contributed by atoms with van der Waals surface area (Å²) in [5, 5.41) is 20.6. The van der Waals surface area contributed by atoms with Crippen molar-refractivity contribution in [2.75, 3.05) is 35.4 Å². The molecular formula is C23H23FN6O3. The SMILES string of the molecule is CN1OC(Nc2ccc(N3CCC[C@@H](C(=O)O)C3)cn2)=Cc2c1ccc(-c1cc[nH]n1)c2F. The van der Waals surface area contributed by atoms with Crippen LogP contribution >= 0.6 is 0 Å². The van der Waals surface area contributed by atoms with E-state index >= 15 is 4.39 Å². The lowest BCUT2D eigenvalue weighted by Crippen LogP contribution is -2.38. The van der Waals surface area contributed by atoms with Crippen LogP contribution in [0.2, 0.25) is 0 Å². The second kappa shape index (κ2) is 8.45. The Hall–Kier alpha value is -4.08. The molecule has 2 aromatic heterocycles. The lowest BCUT2D eigenvalue weighted by molar-refractivity contribution is -0.141. The van der Waals surface area contributed by atoms with Crippen molar-refractivity contribution < 1.29 is 19.1 Å². The van der Waals surface area contributed by atoms with Crippen molar-refractivity contribution in [3.05, 3.63) is 60.0 Å². The average molecular weight is 450 g/mol. The Balaban J connectivity index is 1.36. The van der Waals surface area contributed by atoms with Crippen molar-refractivity contribution in [3.63, 3.8) is 0 Å². The van der Waals surface area contributed by atoms with Gasteiger partial charge in [0, 0.05) is 43.5 Å². The maximum Gasteiger partial charge on any atom is 0.308 e. The van der Waals surface area contributed by atoms with Gasteiger partial charge in [-0.25, -0.2) is 14.4 Å². The topological polar surface area (TPSA) is 107 Å². The summed E-state index contributed by atoms with van der Waals surface area (Å²) in [4.78, 5) is 23.6. The first-order chi connectivity index (χ1) is 16.0. The molecule has 5 rings (SSSR count). The molecule has 2 aliphatic heterocycles. The minimum absolute atomic E-state index is 0.326. The molecule has 1 aromatic carbocycles. The zero-order chi connectivity index (χ0) is 22.9. The van der Waals surface area contributed by atoms with Gasteiger partial charge in [-0.2, -0.15) is 5.10 Å². The third kappa shape index (κ3) is 4.07. The van der Waals surface area contributed by atoms with Gasteiger partial charge in [0.1, 0.15) is 11.6 Å². The number of pyridine rings is 1. The van der Waals surface area contributed by atoms with Crippen LogP contribution in [0.3, 0.4) is 0 Å². The molecule has 2 aliphatic rings. The predicted molar refractivity (Wildman–Crippen MR) is 122 cm³/mol. The maximum atomic E-state index is 15.3. The molecule has 10 heteroatoms. The number of aromatic nitrogens is 3. The highest BCUT2D eigenvalue weighted by molar-refractivity contribution is 5.77. The summed E-state index contributed by atoms with van der Waals surface area (Å²) in [6.45, 7) is 1.27. The molecule has 1 fully saturated rings. The number of benzene rings is 1. The Morgan fingerprint density at radius 2 is 2.18 bits per heavy atom. The normalized spacial score (nSPS) is 17.8. The first kappa shape index (κ1) is 20.8. The summed E-state index contributed by atoms with van der Waals surface area (Å²) in [7, 11) is 1.70. The van der Waals surface area contributed by atoms with Gasteiger partial charge in [0.25, 0.3) is 0 Å². The average Bonchev–Trinajstić information content (AvgIpc) is 3.35. The van der Waals surface area contributed by atoms with Crippen LogP contribution in [-0.4, -0.2) is 46.4 Å². The van der Waals surface area contributed by atoms with E-state index in [2.05, 4.69) is 20.5 Å². The second-order valence-corrected chi connectivity index (χ2v) is 8.07. The first-order valence-corrected chi connectivity index (χ1v) is 10.7. The quantitative estimate of drug-likeness (QED) is 0.540. The molecule has 3 aromatic rings. The molecule has 0 saturated carbocycles. The number of hydrogen-bond acceptors (Lipinski definition) is 7. The van der Waals surface area contributed by atoms with E-state index in [4.69, 9.17) is 4.84 Å². The van der Waals surface area contributed by atoms with Crippen LogP contribution in [0.25, 0.3) is 17.3 Å². The molecule has 33 heavy (non-hydrogen) atoms. The minimum atomic E-state index is -0.764. The van der Waals surface area contributed by atoms with Gasteiger partial charge >= 0.3 is 5.97 Å². The number of nitrogens with one attached hydrogen (secondary N) is 2. The van der Waals surface area contributed by atoms with Gasteiger partial charge in [-0.1, -0.05) is 0 Å². The molecular weight excluding hydrogens is 427 g/mol. The summed E-state index contributed by atoms with van der Waals surface area (Å²) in [6.07, 6.45) is 6.46. The van der Waals surface area contributed by atoms with Gasteiger partial charge in [-0.15, -0.1) is 0 Å². The fraction of sp³-hybridized carbons (Fsp3) is 0.261. The van der Waals surface area contributed by atoms with Gasteiger partial charge in [-0.05, 0) is 43.2 Å². The van der Waals surface area contributed by atoms with E-state index in [-0.39, 0.29) is 5.92 Å². The number of fused-ring (bicyclic) bond motifs is 1. The van der Waals surface area contributed by atoms with Crippen molar-refractivity contribution in [3.8, 4) is 11.3 Å². The number of aliphatic carboxylic acids is 1. The zero-order valence-electron chi connectivity index (χ0n) is 18.0. The van der Waals surface area contributed by atoms with E-state index in [9.17, 15) is 9.90 Å². The highest BCUT2D eigenvalue weighted by atomic mass is 19.1. The number of carboxylic acid groups (broad SMARTS) is 1. The number of halogens is 1. The predicted octanol–water partition coefficient (Wildman–Crippen LogP) is 3.70. The van der Waals surface area contributed by atoms with E-state index in [0.717, 1.165) is 18.7 Å². The molecule has 4 heterocycles. The van der Waals surface area contributed by atoms with Crippen molar-refractivity contribution in [1.29, 1.82) is 0 Å². The number of carbonyl (C=O) groups is 1. The van der Waals surface area contributed by atoms with Crippen molar-refractivity contribution in [1.82, 2.24) is 15.2 Å². The highest BCUT2D eigenvalue weighted by Gasteiger charge is 2.26. The number of aromatic amines is 1. The molecule has 170 valence electrons. The molecule has 9 nitrogen and oxygen atoms in total. The molecule has 0 radical (unpaired) electrons. The molecule has 0 spiro atoms. The second-order valence-electron chi connectivity index (χ2n) is 8.07. The lowest BCUT2D eigenvalue weighted by Gasteiger charge is -2.32. The van der Waals surface area contributed by atoms with Gasteiger partial charge in [-0.3, -0.25) is 9.89 Å². The van der Waals surface area contributed by atoms with Crippen LogP contribution in [-0.2, 0) is 9.63 Å². The monoisotopic (exact) mass is 450 g/mol. The third-order valence-corrected chi connectivity index (χ3v) is 5.92. The number of H-pyrrole nitrogens is 1. The molecule has 1 atom stereocenters. The van der Waals surface area contributed by atoms with Crippen LogP contribution in [0.4, 0.5) is 21.6 Å². The van der Waals surface area contributed by atoms with Crippen molar-refractivity contribution in [2.45, 2.75) is 12.8 Å². The molecule has 0 unspecified atom stereocenters. The molecule has 3 N–H and O–H groups in total. The van der Waals surface area contributed by atoms with E-state index in [1.54, 1.807) is 49.8 Å². The number of piperidine rings is 1. The Bertz CT molecular complexity index is 1200. The first-order valence-electron chi connectivity index (χ1n) is 10.7. The zero-order valence-corrected chi connectivity index (χ0v) is 18.0. The summed E-state index contributed by atoms with van der Waals surface area (Å²) in [6, 6.07) is 8.84. The van der Waals surface area contributed by atoms with Crippen LogP contribution < -0.4 is 15.3 Å². The molecule has 0 aliphatic carbocycles. The highest BCUT2D eigenvalue weighted by Crippen LogP contribution is 2.35. The van der Waals surface area contributed by atoms with Crippen LogP contribution in [0.15, 0.2) is 48.6 Å². The van der Waals surface area contributed by atoms with Gasteiger partial charge in [0.15, 0.2) is 0 Å². The fourth-order valence-electron chi connectivity index (χ4n) is 4.20. The Labute approximate surface area is 189 Å². The van der Waals surface area contributed by atoms with E-state index in [1.165, 1.54) is 5.06 Å². The largest absolute Gasteiger partial charge is 0.481 e. The maximum absolute atomic E-state index is 15.3. The number of rotatable bonds is 5. The van der Waals surface area contributed by atoms with Crippen LogP contribution in [0, 0.1) is 11.7 Å². The standard InChI is InChI=1S/C23H23FN6O3/c1-29-19-6-5-16(18-8-9-26-28-18)22(24)17(19)11-21(33-29)27-20-7-4-15(12-25-20)30-10-2-3-14(13-30)23(31)32/h4-9,11-12,14H,2-3,10,13H2,1H3,(H,25,27)(H,26,28)(H,31,32)/t14-/m1/s1. The van der Waals surface area contributed by atoms with Gasteiger partial charge in [0.05, 0.1) is 29.2 Å². The van der Waals surface area contributed by atoms with Gasteiger partial charge < -0.3 is 20.2 Å². The third-order valence-electron chi connectivity index (χ3n) is 5.92. The Morgan fingerprint density at radius 3 is 2.91 bits per heavy atom. The summed E-state index contributed by atoms with van der Waals surface area (Å²) in [5.41, 5.74) is 2.76. The van der Waals surface area contributed by atoms with E-state index in [0.29, 0.717) is 47.2 Å². The smallest absolute Gasteiger partial charge is 0.308 e. The van der Waals surface area contributed by atoms with Crippen molar-refractivity contribution in [2.24, 2.45) is 5.92 Å². The summed E-state index contributed by atoms with van der Waals surface area (Å²) in [5.74, 6) is -0.672. The summed E-state index contributed by atoms with van der Waals surface area (Å²) < 4.78 is 15.3. The van der Waals surface area contributed by atoms with Crippen molar-refractivity contribution >= 4 is 29.2 Å². The number of carboxylic acids is 1. The minimum Gasteiger partial charge on any atom is -0.481 e. The van der Waals surface area contributed by atoms with Crippen LogP contribution in [0.1, 0.15) is 18.4 Å². The Morgan fingerprint density at radius 1 is 1.30 bits per heavy atom. The van der Waals surface area contributed by atoms with E-state index in [1.807, 2.05) is 11.0 Å². The lowest BCUT2D eigenvalue weighted by atomic mass is 9.98. The number of hydroxylamine groups is 1. The van der Waals surface area contributed by atoms with Crippen LogP contribution in [0.5, 0.6) is 0 Å². The van der Waals surface area contributed by atoms with Gasteiger partial charge in [0.2, 0.25) is 5.88 Å². The molecule has 0 bridgehead atoms. The number of hydrogen-bond donors (Lipinski definition) is 3.